The molecule has 8 heteroatoms. The van der Waals surface area contributed by atoms with Crippen molar-refractivity contribution in [2.45, 2.75) is 0 Å². The second-order valence-electron chi connectivity index (χ2n) is 4.51. The van der Waals surface area contributed by atoms with Crippen molar-refractivity contribution in [3.8, 4) is 11.3 Å². The van der Waals surface area contributed by atoms with E-state index in [-0.39, 0.29) is 17.4 Å². The van der Waals surface area contributed by atoms with Gasteiger partial charge in [-0.25, -0.2) is 0 Å². The number of nitrogens with zero attached hydrogens (tertiary/aromatic N) is 2. The topological polar surface area (TPSA) is 84.2 Å². The number of nitrogens with one attached hydrogen (secondary N) is 1. The molecular formula is C14H14BrN3O3S. The first-order valence-electron chi connectivity index (χ1n) is 6.34. The fraction of sp³-hybridized carbons (Fsp3) is 0.214. The first kappa shape index (κ1) is 16.6. The number of aryl methyl sites for hydroxylation is 1. The van der Waals surface area contributed by atoms with Gasteiger partial charge in [-0.1, -0.05) is 12.1 Å². The number of carbonyl (C=O) groups excluding carboxylic acids is 1. The Morgan fingerprint density at radius 3 is 2.82 bits per heavy atom. The van der Waals surface area contributed by atoms with Gasteiger partial charge in [-0.05, 0) is 28.1 Å². The van der Waals surface area contributed by atoms with Gasteiger partial charge in [-0.3, -0.25) is 14.3 Å². The summed E-state index contributed by atoms with van der Waals surface area (Å²) < 4.78 is 2.57. The lowest BCUT2D eigenvalue weighted by atomic mass is 10.1. The minimum Gasteiger partial charge on any atom is -0.481 e. The first-order valence-corrected chi connectivity index (χ1v) is 8.29. The average molecular weight is 384 g/mol. The van der Waals surface area contributed by atoms with Gasteiger partial charge < -0.3 is 10.4 Å². The molecule has 0 fully saturated rings. The second-order valence-corrected chi connectivity index (χ2v) is 6.35. The van der Waals surface area contributed by atoms with Crippen LogP contribution < -0.4 is 5.32 Å². The zero-order valence-electron chi connectivity index (χ0n) is 11.7. The average Bonchev–Trinajstić information content (AvgIpc) is 2.77. The van der Waals surface area contributed by atoms with Crippen LogP contribution in [0.5, 0.6) is 0 Å². The molecule has 6 nitrogen and oxygen atoms in total. The van der Waals surface area contributed by atoms with E-state index >= 15 is 0 Å². The Kier molecular flexibility index (Phi) is 5.62. The molecule has 0 bridgehead atoms. The highest BCUT2D eigenvalue weighted by molar-refractivity contribution is 9.10. The number of hydrogen-bond donors (Lipinski definition) is 2. The number of anilines is 1. The van der Waals surface area contributed by atoms with Crippen LogP contribution in [0.25, 0.3) is 11.3 Å². The molecule has 0 aliphatic carbocycles. The minimum atomic E-state index is -0.931. The maximum absolute atomic E-state index is 11.8. The van der Waals surface area contributed by atoms with Crippen molar-refractivity contribution >= 4 is 45.3 Å². The van der Waals surface area contributed by atoms with Crippen LogP contribution in [-0.2, 0) is 16.6 Å². The fourth-order valence-corrected chi connectivity index (χ4v) is 2.97. The standard InChI is InChI=1S/C14H14BrN3O3S/c1-18-6-11(15)14(17-18)9-3-2-4-10(5-9)16-12(19)7-22-8-13(20)21/h2-6H,7-8H2,1H3,(H,16,19)(H,20,21). The number of benzene rings is 1. The van der Waals surface area contributed by atoms with E-state index in [1.165, 1.54) is 0 Å². The normalized spacial score (nSPS) is 10.5. The van der Waals surface area contributed by atoms with Crippen molar-refractivity contribution in [2.75, 3.05) is 16.8 Å². The van der Waals surface area contributed by atoms with E-state index in [1.54, 1.807) is 10.7 Å². The molecule has 0 radical (unpaired) electrons. The molecule has 1 amide bonds. The van der Waals surface area contributed by atoms with Crippen LogP contribution in [0.3, 0.4) is 0 Å². The van der Waals surface area contributed by atoms with Crippen molar-refractivity contribution in [2.24, 2.45) is 7.05 Å². The van der Waals surface area contributed by atoms with E-state index in [4.69, 9.17) is 5.11 Å². The van der Waals surface area contributed by atoms with E-state index < -0.39 is 5.97 Å². The Morgan fingerprint density at radius 1 is 1.41 bits per heavy atom. The molecule has 0 atom stereocenters. The number of carbonyl (C=O) groups is 2. The van der Waals surface area contributed by atoms with Crippen LogP contribution in [0, 0.1) is 0 Å². The third-order valence-corrected chi connectivity index (χ3v) is 4.16. The molecule has 2 rings (SSSR count). The van der Waals surface area contributed by atoms with Gasteiger partial charge in [0, 0.05) is 24.5 Å². The zero-order valence-corrected chi connectivity index (χ0v) is 14.1. The summed E-state index contributed by atoms with van der Waals surface area (Å²) in [6.45, 7) is 0. The third kappa shape index (κ3) is 4.60. The van der Waals surface area contributed by atoms with Crippen molar-refractivity contribution in [1.82, 2.24) is 9.78 Å². The molecule has 22 heavy (non-hydrogen) atoms. The Morgan fingerprint density at radius 2 is 2.18 bits per heavy atom. The summed E-state index contributed by atoms with van der Waals surface area (Å²) in [7, 11) is 1.83. The van der Waals surface area contributed by atoms with Crippen molar-refractivity contribution < 1.29 is 14.7 Å². The smallest absolute Gasteiger partial charge is 0.313 e. The van der Waals surface area contributed by atoms with Crippen LogP contribution >= 0.6 is 27.7 Å². The largest absolute Gasteiger partial charge is 0.481 e. The molecule has 116 valence electrons. The Balaban J connectivity index is 2.04. The first-order chi connectivity index (χ1) is 10.5. The molecule has 0 saturated heterocycles. The van der Waals surface area contributed by atoms with Crippen LogP contribution in [0.2, 0.25) is 0 Å². The maximum atomic E-state index is 11.8. The number of carboxylic acids is 1. The molecular weight excluding hydrogens is 370 g/mol. The monoisotopic (exact) mass is 383 g/mol. The number of rotatable bonds is 6. The van der Waals surface area contributed by atoms with Gasteiger partial charge in [-0.15, -0.1) is 11.8 Å². The van der Waals surface area contributed by atoms with E-state index in [2.05, 4.69) is 26.3 Å². The molecule has 1 aromatic heterocycles. The van der Waals surface area contributed by atoms with E-state index in [0.717, 1.165) is 27.5 Å². The van der Waals surface area contributed by atoms with E-state index in [1.807, 2.05) is 31.4 Å². The summed E-state index contributed by atoms with van der Waals surface area (Å²) in [5.41, 5.74) is 2.32. The number of aliphatic carboxylic acids is 1. The van der Waals surface area contributed by atoms with Gasteiger partial charge in [0.2, 0.25) is 5.91 Å². The molecule has 0 saturated carbocycles. The number of aromatic nitrogens is 2. The summed E-state index contributed by atoms with van der Waals surface area (Å²) in [4.78, 5) is 22.2. The predicted molar refractivity (Wildman–Crippen MR) is 89.9 cm³/mol. The van der Waals surface area contributed by atoms with Crippen LogP contribution in [0.1, 0.15) is 0 Å². The summed E-state index contributed by atoms with van der Waals surface area (Å²) >= 11 is 4.51. The number of thioether (sulfide) groups is 1. The Bertz CT molecular complexity index is 702. The lowest BCUT2D eigenvalue weighted by molar-refractivity contribution is -0.133. The fourth-order valence-electron chi connectivity index (χ4n) is 1.83. The Labute approximate surface area is 140 Å². The second kappa shape index (κ2) is 7.46. The predicted octanol–water partition coefficient (Wildman–Crippen LogP) is 2.61. The van der Waals surface area contributed by atoms with Crippen LogP contribution in [0.4, 0.5) is 5.69 Å². The number of hydrogen-bond acceptors (Lipinski definition) is 4. The molecule has 0 spiro atoms. The molecule has 2 N–H and O–H groups in total. The number of carboxylic acid groups (broad SMARTS) is 1. The highest BCUT2D eigenvalue weighted by Gasteiger charge is 2.10. The SMILES string of the molecule is Cn1cc(Br)c(-c2cccc(NC(=O)CSCC(=O)O)c2)n1. The molecule has 1 aromatic carbocycles. The molecule has 1 heterocycles. The number of amides is 1. The lowest BCUT2D eigenvalue weighted by Gasteiger charge is -2.06. The minimum absolute atomic E-state index is 0.0889. The number of halogens is 1. The highest BCUT2D eigenvalue weighted by atomic mass is 79.9. The van der Waals surface area contributed by atoms with Gasteiger partial charge in [0.05, 0.1) is 16.0 Å². The molecule has 0 aliphatic heterocycles. The summed E-state index contributed by atoms with van der Waals surface area (Å²) in [5.74, 6) is -1.15. The van der Waals surface area contributed by atoms with Gasteiger partial charge in [0.1, 0.15) is 5.69 Å². The summed E-state index contributed by atoms with van der Waals surface area (Å²) in [6.07, 6.45) is 1.85. The van der Waals surface area contributed by atoms with Crippen molar-refractivity contribution in [3.05, 3.63) is 34.9 Å². The zero-order chi connectivity index (χ0) is 16.1. The third-order valence-electron chi connectivity index (χ3n) is 2.66. The van der Waals surface area contributed by atoms with Gasteiger partial charge >= 0.3 is 5.97 Å². The highest BCUT2D eigenvalue weighted by Crippen LogP contribution is 2.28. The Hall–Kier alpha value is -1.80. The van der Waals surface area contributed by atoms with Crippen LogP contribution in [-0.4, -0.2) is 38.3 Å². The van der Waals surface area contributed by atoms with Crippen molar-refractivity contribution in [3.63, 3.8) is 0 Å². The van der Waals surface area contributed by atoms with E-state index in [9.17, 15) is 9.59 Å². The quantitative estimate of drug-likeness (QED) is 0.800. The van der Waals surface area contributed by atoms with Gasteiger partial charge in [-0.2, -0.15) is 5.10 Å². The van der Waals surface area contributed by atoms with Gasteiger partial charge in [0.15, 0.2) is 0 Å². The lowest BCUT2D eigenvalue weighted by Crippen LogP contribution is -2.15. The summed E-state index contributed by atoms with van der Waals surface area (Å²) in [6, 6.07) is 7.34. The van der Waals surface area contributed by atoms with Crippen molar-refractivity contribution in [1.29, 1.82) is 0 Å². The van der Waals surface area contributed by atoms with Gasteiger partial charge in [0.25, 0.3) is 0 Å². The van der Waals surface area contributed by atoms with E-state index in [0.29, 0.717) is 5.69 Å². The molecule has 0 aliphatic rings. The molecule has 2 aromatic rings. The van der Waals surface area contributed by atoms with Crippen LogP contribution in [0.15, 0.2) is 34.9 Å². The maximum Gasteiger partial charge on any atom is 0.313 e. The molecule has 0 unspecified atom stereocenters. The summed E-state index contributed by atoms with van der Waals surface area (Å²) in [5, 5.41) is 15.6.